The van der Waals surface area contributed by atoms with Gasteiger partial charge in [0.1, 0.15) is 0 Å². The maximum Gasteiger partial charge on any atom is 0.0747 e. The minimum absolute atomic E-state index is 0.508. The van der Waals surface area contributed by atoms with Gasteiger partial charge in [-0.3, -0.25) is 0 Å². The molecule has 286 valence electrons. The molecule has 0 N–H and O–H groups in total. The molecule has 1 heterocycles. The molecule has 1 spiro atoms. The van der Waals surface area contributed by atoms with Crippen molar-refractivity contribution in [3.05, 3.63) is 259 Å². The summed E-state index contributed by atoms with van der Waals surface area (Å²) in [6.45, 7) is 0. The monoisotopic (exact) mass is 793 g/mol. The van der Waals surface area contributed by atoms with Crippen LogP contribution in [-0.4, -0.2) is 0 Å². The third kappa shape index (κ3) is 5.64. The number of nitrogens with zero attached hydrogens (tertiary/aromatic N) is 1. The van der Waals surface area contributed by atoms with Crippen LogP contribution in [0.2, 0.25) is 0 Å². The highest BCUT2D eigenvalue weighted by Crippen LogP contribution is 2.65. The van der Waals surface area contributed by atoms with Gasteiger partial charge in [-0.25, -0.2) is 0 Å². The van der Waals surface area contributed by atoms with Crippen LogP contribution in [0, 0.1) is 0 Å². The Balaban J connectivity index is 1.03. The Morgan fingerprint density at radius 1 is 0.295 bits per heavy atom. The van der Waals surface area contributed by atoms with E-state index >= 15 is 0 Å². The van der Waals surface area contributed by atoms with E-state index in [0.29, 0.717) is 0 Å². The van der Waals surface area contributed by atoms with Crippen molar-refractivity contribution in [2.75, 3.05) is 4.90 Å². The topological polar surface area (TPSA) is 3.24 Å². The second-order valence-electron chi connectivity index (χ2n) is 16.0. The van der Waals surface area contributed by atoms with Crippen LogP contribution in [0.25, 0.3) is 55.3 Å². The molecule has 1 unspecified atom stereocenters. The minimum atomic E-state index is -0.508. The van der Waals surface area contributed by atoms with Gasteiger partial charge in [-0.15, -0.1) is 0 Å². The van der Waals surface area contributed by atoms with E-state index in [9.17, 15) is 0 Å². The second-order valence-corrected chi connectivity index (χ2v) is 17.1. The van der Waals surface area contributed by atoms with Crippen LogP contribution in [0.5, 0.6) is 0 Å². The lowest BCUT2D eigenvalue weighted by Gasteiger charge is -2.41. The van der Waals surface area contributed by atoms with Crippen LogP contribution in [0.1, 0.15) is 22.3 Å². The van der Waals surface area contributed by atoms with Gasteiger partial charge in [0.05, 0.1) is 5.41 Å². The average molecular weight is 794 g/mol. The summed E-state index contributed by atoms with van der Waals surface area (Å²) < 4.78 is 0. The van der Waals surface area contributed by atoms with Crippen molar-refractivity contribution in [1.29, 1.82) is 0 Å². The fourth-order valence-electron chi connectivity index (χ4n) is 10.1. The first kappa shape index (κ1) is 35.5. The molecule has 10 aromatic rings. The highest BCUT2D eigenvalue weighted by molar-refractivity contribution is 7.99. The third-order valence-corrected chi connectivity index (χ3v) is 13.9. The maximum absolute atomic E-state index is 2.38. The Kier molecular flexibility index (Phi) is 8.40. The fourth-order valence-corrected chi connectivity index (χ4v) is 11.3. The van der Waals surface area contributed by atoms with Crippen LogP contribution in [0.3, 0.4) is 0 Å². The summed E-state index contributed by atoms with van der Waals surface area (Å²) in [6, 6.07) is 87.1. The van der Waals surface area contributed by atoms with Gasteiger partial charge in [0.2, 0.25) is 0 Å². The predicted molar refractivity (Wildman–Crippen MR) is 256 cm³/mol. The first-order chi connectivity index (χ1) is 30.3. The van der Waals surface area contributed by atoms with Gasteiger partial charge in [0, 0.05) is 26.9 Å². The molecule has 1 atom stereocenters. The summed E-state index contributed by atoms with van der Waals surface area (Å²) in [5.74, 6) is 0. The average Bonchev–Trinajstić information content (AvgIpc) is 3.63. The molecule has 61 heavy (non-hydrogen) atoms. The molecular weight excluding hydrogens is 755 g/mol. The number of benzene rings is 10. The number of fused-ring (bicyclic) bond motifs is 11. The van der Waals surface area contributed by atoms with Crippen LogP contribution in [0.4, 0.5) is 17.1 Å². The maximum atomic E-state index is 2.38. The van der Waals surface area contributed by atoms with Gasteiger partial charge < -0.3 is 4.90 Å². The van der Waals surface area contributed by atoms with E-state index < -0.39 is 5.41 Å². The molecule has 0 bridgehead atoms. The molecule has 1 nitrogen and oxygen atoms in total. The predicted octanol–water partition coefficient (Wildman–Crippen LogP) is 16.1. The van der Waals surface area contributed by atoms with Gasteiger partial charge in [-0.1, -0.05) is 200 Å². The van der Waals surface area contributed by atoms with E-state index in [0.717, 1.165) is 17.1 Å². The fraction of sp³-hybridized carbons (Fsp3) is 0.0169. The normalized spacial score (nSPS) is 14.6. The molecule has 0 aromatic heterocycles. The molecule has 0 saturated carbocycles. The van der Waals surface area contributed by atoms with Gasteiger partial charge in [0.25, 0.3) is 0 Å². The molecule has 0 amide bonds. The molecule has 1 aliphatic carbocycles. The third-order valence-electron chi connectivity index (χ3n) is 12.7. The van der Waals surface area contributed by atoms with E-state index in [2.05, 4.69) is 241 Å². The van der Waals surface area contributed by atoms with Crippen molar-refractivity contribution >= 4 is 39.6 Å². The zero-order valence-corrected chi connectivity index (χ0v) is 34.2. The zero-order chi connectivity index (χ0) is 40.3. The molecule has 0 radical (unpaired) electrons. The van der Waals surface area contributed by atoms with Crippen molar-refractivity contribution in [3.63, 3.8) is 0 Å². The Morgan fingerprint density at radius 3 is 1.44 bits per heavy atom. The first-order valence-corrected chi connectivity index (χ1v) is 21.8. The highest BCUT2D eigenvalue weighted by Gasteiger charge is 2.52. The molecule has 0 saturated heterocycles. The summed E-state index contributed by atoms with van der Waals surface area (Å²) >= 11 is 1.90. The molecular formula is C59H39NS. The van der Waals surface area contributed by atoms with Gasteiger partial charge in [-0.2, -0.15) is 0 Å². The molecule has 12 rings (SSSR count). The SMILES string of the molecule is c1ccc(-c2ccc(N(c3ccc(-c4ccccc4)cc3)c3ccc(-c4cccc5c4C4(c6ccccc6Sc6ccc7ccccc7c64)c4ccccc4-5)cc3)cc2)cc1. The zero-order valence-electron chi connectivity index (χ0n) is 33.4. The molecule has 2 heteroatoms. The Hall–Kier alpha value is -7.39. The molecule has 0 fully saturated rings. The molecule has 1 aliphatic heterocycles. The van der Waals surface area contributed by atoms with Crippen LogP contribution >= 0.6 is 11.8 Å². The summed E-state index contributed by atoms with van der Waals surface area (Å²) in [4.78, 5) is 5.00. The number of anilines is 3. The summed E-state index contributed by atoms with van der Waals surface area (Å²) in [5.41, 5.74) is 18.1. The van der Waals surface area contributed by atoms with Crippen molar-refractivity contribution < 1.29 is 0 Å². The van der Waals surface area contributed by atoms with Crippen LogP contribution in [-0.2, 0) is 5.41 Å². The van der Waals surface area contributed by atoms with Crippen LogP contribution in [0.15, 0.2) is 246 Å². The lowest BCUT2D eigenvalue weighted by Crippen LogP contribution is -2.32. The Morgan fingerprint density at radius 2 is 0.787 bits per heavy atom. The minimum Gasteiger partial charge on any atom is -0.311 e. The van der Waals surface area contributed by atoms with E-state index in [1.54, 1.807) is 0 Å². The van der Waals surface area contributed by atoms with Gasteiger partial charge in [-0.05, 0) is 126 Å². The van der Waals surface area contributed by atoms with E-state index in [-0.39, 0.29) is 0 Å². The Bertz CT molecular complexity index is 3160. The summed E-state index contributed by atoms with van der Waals surface area (Å²) in [6.07, 6.45) is 0. The number of hydrogen-bond acceptors (Lipinski definition) is 2. The summed E-state index contributed by atoms with van der Waals surface area (Å²) in [5, 5.41) is 2.57. The van der Waals surface area contributed by atoms with Crippen molar-refractivity contribution in [2.45, 2.75) is 15.2 Å². The standard InChI is InChI=1S/C59H39NS/c1-3-14-40(15-4-1)42-26-33-46(34-27-42)60(47-35-28-43(29-36-47)41-16-5-2-6-17-41)48-37-30-45(31-38-48)49-21-13-22-52-51-20-9-10-23-53(51)59(57(49)52)54-24-11-12-25-55(54)61-56-39-32-44-18-7-8-19-50(44)58(56)59/h1-39H. The quantitative estimate of drug-likeness (QED) is 0.165. The van der Waals surface area contributed by atoms with E-state index in [4.69, 9.17) is 0 Å². The van der Waals surface area contributed by atoms with Crippen molar-refractivity contribution in [2.24, 2.45) is 0 Å². The number of rotatable bonds is 6. The van der Waals surface area contributed by atoms with E-state index in [1.807, 2.05) is 11.8 Å². The first-order valence-electron chi connectivity index (χ1n) is 21.0. The van der Waals surface area contributed by atoms with Crippen molar-refractivity contribution in [3.8, 4) is 44.5 Å². The van der Waals surface area contributed by atoms with E-state index in [1.165, 1.54) is 87.3 Å². The van der Waals surface area contributed by atoms with Crippen LogP contribution < -0.4 is 4.90 Å². The number of hydrogen-bond donors (Lipinski definition) is 0. The van der Waals surface area contributed by atoms with Crippen molar-refractivity contribution in [1.82, 2.24) is 0 Å². The lowest BCUT2D eigenvalue weighted by atomic mass is 9.64. The highest BCUT2D eigenvalue weighted by atomic mass is 32.2. The van der Waals surface area contributed by atoms with Gasteiger partial charge in [0.15, 0.2) is 0 Å². The molecule has 10 aromatic carbocycles. The smallest absolute Gasteiger partial charge is 0.0747 e. The largest absolute Gasteiger partial charge is 0.311 e. The lowest BCUT2D eigenvalue weighted by molar-refractivity contribution is 0.732. The van der Waals surface area contributed by atoms with Gasteiger partial charge >= 0.3 is 0 Å². The second kappa shape index (κ2) is 14.4. The summed E-state index contributed by atoms with van der Waals surface area (Å²) in [7, 11) is 0. The molecule has 2 aliphatic rings. The Labute approximate surface area is 361 Å².